The molecule has 3 aromatic rings. The van der Waals surface area contributed by atoms with E-state index in [1.54, 1.807) is 24.3 Å². The molecule has 0 aliphatic rings. The van der Waals surface area contributed by atoms with Crippen molar-refractivity contribution in [3.05, 3.63) is 93.0 Å². The molecule has 0 aliphatic carbocycles. The van der Waals surface area contributed by atoms with E-state index in [2.05, 4.69) is 17.2 Å². The molecule has 0 spiro atoms. The van der Waals surface area contributed by atoms with E-state index in [-0.39, 0.29) is 22.0 Å². The maximum absolute atomic E-state index is 12.9. The van der Waals surface area contributed by atoms with E-state index >= 15 is 0 Å². The van der Waals surface area contributed by atoms with Gasteiger partial charge in [0, 0.05) is 16.1 Å². The lowest BCUT2D eigenvalue weighted by molar-refractivity contribution is -0.137. The summed E-state index contributed by atoms with van der Waals surface area (Å²) in [5.74, 6) is 4.55. The standard InChI is InChI=1S/C22H12Cl2F3NO2/c23-16-7-3-13(4-8-16)1-2-14-5-10-20(29)17(11-14)21(30)28-19-12-15(22(25,26)27)6-9-18(19)24/h3-12,29H,(H,28,30). The number of carbonyl (C=O) groups excluding carboxylic acids is 1. The zero-order valence-electron chi connectivity index (χ0n) is 15.0. The van der Waals surface area contributed by atoms with Crippen molar-refractivity contribution in [3.63, 3.8) is 0 Å². The molecule has 3 rings (SSSR count). The molecule has 0 heterocycles. The van der Waals surface area contributed by atoms with Gasteiger partial charge in [0.1, 0.15) is 5.75 Å². The van der Waals surface area contributed by atoms with Gasteiger partial charge in [-0.15, -0.1) is 0 Å². The van der Waals surface area contributed by atoms with Gasteiger partial charge in [0.25, 0.3) is 5.91 Å². The van der Waals surface area contributed by atoms with Gasteiger partial charge in [-0.3, -0.25) is 4.79 Å². The second kappa shape index (κ2) is 8.70. The first-order chi connectivity index (χ1) is 14.1. The number of halogens is 5. The molecule has 30 heavy (non-hydrogen) atoms. The molecule has 0 aromatic heterocycles. The number of carbonyl (C=O) groups is 1. The highest BCUT2D eigenvalue weighted by molar-refractivity contribution is 6.34. The number of aromatic hydroxyl groups is 1. The molecule has 2 N–H and O–H groups in total. The largest absolute Gasteiger partial charge is 0.507 e. The summed E-state index contributed by atoms with van der Waals surface area (Å²) < 4.78 is 38.7. The van der Waals surface area contributed by atoms with Gasteiger partial charge in [-0.2, -0.15) is 13.2 Å². The summed E-state index contributed by atoms with van der Waals surface area (Å²) in [7, 11) is 0. The highest BCUT2D eigenvalue weighted by Crippen LogP contribution is 2.34. The summed E-state index contributed by atoms with van der Waals surface area (Å²) in [6, 6.07) is 13.5. The number of anilines is 1. The quantitative estimate of drug-likeness (QED) is 0.446. The summed E-state index contributed by atoms with van der Waals surface area (Å²) in [6.45, 7) is 0. The Hall–Kier alpha value is -3.14. The summed E-state index contributed by atoms with van der Waals surface area (Å²) >= 11 is 11.7. The SMILES string of the molecule is O=C(Nc1cc(C(F)(F)F)ccc1Cl)c1cc(C#Cc2ccc(Cl)cc2)ccc1O. The fraction of sp³-hybridized carbons (Fsp3) is 0.0455. The molecule has 0 saturated carbocycles. The number of alkyl halides is 3. The first kappa shape index (κ1) is 21.6. The van der Waals surface area contributed by atoms with Crippen LogP contribution in [0.2, 0.25) is 10.0 Å². The Labute approximate surface area is 180 Å². The molecule has 0 fully saturated rings. The van der Waals surface area contributed by atoms with Crippen LogP contribution in [0.4, 0.5) is 18.9 Å². The number of hydrogen-bond acceptors (Lipinski definition) is 2. The van der Waals surface area contributed by atoms with Gasteiger partial charge in [-0.05, 0) is 60.7 Å². The molecule has 0 bridgehead atoms. The first-order valence-electron chi connectivity index (χ1n) is 8.42. The number of hydrogen-bond donors (Lipinski definition) is 2. The topological polar surface area (TPSA) is 49.3 Å². The van der Waals surface area contributed by atoms with Crippen molar-refractivity contribution in [1.82, 2.24) is 0 Å². The fourth-order valence-electron chi connectivity index (χ4n) is 2.46. The van der Waals surface area contributed by atoms with Crippen molar-refractivity contribution in [2.24, 2.45) is 0 Å². The molecule has 0 radical (unpaired) electrons. The van der Waals surface area contributed by atoms with Crippen LogP contribution in [0, 0.1) is 11.8 Å². The van der Waals surface area contributed by atoms with Crippen molar-refractivity contribution in [3.8, 4) is 17.6 Å². The minimum atomic E-state index is -4.59. The van der Waals surface area contributed by atoms with Crippen LogP contribution in [-0.2, 0) is 6.18 Å². The Morgan fingerprint density at radius 2 is 1.53 bits per heavy atom. The molecule has 3 aromatic carbocycles. The Bertz CT molecular complexity index is 1160. The smallest absolute Gasteiger partial charge is 0.416 e. The molecule has 0 atom stereocenters. The monoisotopic (exact) mass is 449 g/mol. The van der Waals surface area contributed by atoms with Crippen LogP contribution >= 0.6 is 23.2 Å². The maximum atomic E-state index is 12.9. The lowest BCUT2D eigenvalue weighted by Crippen LogP contribution is -2.14. The molecule has 0 aliphatic heterocycles. The first-order valence-corrected chi connectivity index (χ1v) is 9.18. The Balaban J connectivity index is 1.87. The predicted octanol–water partition coefficient (Wildman–Crippen LogP) is 6.37. The van der Waals surface area contributed by atoms with Crippen LogP contribution in [0.5, 0.6) is 5.75 Å². The Morgan fingerprint density at radius 3 is 2.20 bits per heavy atom. The molecule has 8 heteroatoms. The van der Waals surface area contributed by atoms with E-state index in [4.69, 9.17) is 23.2 Å². The van der Waals surface area contributed by atoms with Gasteiger partial charge in [-0.1, -0.05) is 35.0 Å². The van der Waals surface area contributed by atoms with Crippen LogP contribution in [-0.4, -0.2) is 11.0 Å². The van der Waals surface area contributed by atoms with Gasteiger partial charge >= 0.3 is 6.18 Å². The highest BCUT2D eigenvalue weighted by Gasteiger charge is 2.31. The van der Waals surface area contributed by atoms with Gasteiger partial charge in [0.15, 0.2) is 0 Å². The van der Waals surface area contributed by atoms with Crippen molar-refractivity contribution in [2.75, 3.05) is 5.32 Å². The Morgan fingerprint density at radius 1 is 0.900 bits per heavy atom. The number of phenols is 1. The fourth-order valence-corrected chi connectivity index (χ4v) is 2.75. The number of rotatable bonds is 2. The van der Waals surface area contributed by atoms with E-state index < -0.39 is 17.6 Å². The molecule has 0 saturated heterocycles. The van der Waals surface area contributed by atoms with E-state index in [1.165, 1.54) is 18.2 Å². The molecule has 3 nitrogen and oxygen atoms in total. The van der Waals surface area contributed by atoms with Crippen LogP contribution in [0.25, 0.3) is 0 Å². The Kier molecular flexibility index (Phi) is 6.25. The minimum absolute atomic E-state index is 0.0745. The molecule has 0 unspecified atom stereocenters. The molecule has 1 amide bonds. The summed E-state index contributed by atoms with van der Waals surface area (Å²) in [6.07, 6.45) is -4.59. The van der Waals surface area contributed by atoms with Crippen LogP contribution in [0.3, 0.4) is 0 Å². The predicted molar refractivity (Wildman–Crippen MR) is 110 cm³/mol. The second-order valence-electron chi connectivity index (χ2n) is 6.14. The third kappa shape index (κ3) is 5.26. The number of phenolic OH excluding ortho intramolecular Hbond substituents is 1. The van der Waals surface area contributed by atoms with E-state index in [1.807, 2.05) is 0 Å². The van der Waals surface area contributed by atoms with Crippen molar-refractivity contribution in [2.45, 2.75) is 6.18 Å². The van der Waals surface area contributed by atoms with Crippen LogP contribution in [0.15, 0.2) is 60.7 Å². The third-order valence-electron chi connectivity index (χ3n) is 3.98. The average Bonchev–Trinajstić information content (AvgIpc) is 2.69. The van der Waals surface area contributed by atoms with Crippen LogP contribution < -0.4 is 5.32 Å². The van der Waals surface area contributed by atoms with Gasteiger partial charge < -0.3 is 10.4 Å². The lowest BCUT2D eigenvalue weighted by Gasteiger charge is -2.12. The maximum Gasteiger partial charge on any atom is 0.416 e. The van der Waals surface area contributed by atoms with Gasteiger partial charge in [-0.25, -0.2) is 0 Å². The van der Waals surface area contributed by atoms with Crippen molar-refractivity contribution in [1.29, 1.82) is 0 Å². The third-order valence-corrected chi connectivity index (χ3v) is 4.56. The summed E-state index contributed by atoms with van der Waals surface area (Å²) in [4.78, 5) is 12.5. The van der Waals surface area contributed by atoms with E-state index in [0.29, 0.717) is 16.1 Å². The summed E-state index contributed by atoms with van der Waals surface area (Å²) in [5, 5.41) is 12.8. The lowest BCUT2D eigenvalue weighted by atomic mass is 10.1. The number of amides is 1. The normalized spacial score (nSPS) is 10.8. The van der Waals surface area contributed by atoms with Gasteiger partial charge in [0.2, 0.25) is 0 Å². The molecular weight excluding hydrogens is 438 g/mol. The number of benzene rings is 3. The number of nitrogens with one attached hydrogen (secondary N) is 1. The second-order valence-corrected chi connectivity index (χ2v) is 6.98. The van der Waals surface area contributed by atoms with Crippen molar-refractivity contribution < 1.29 is 23.1 Å². The van der Waals surface area contributed by atoms with Crippen molar-refractivity contribution >= 4 is 34.8 Å². The van der Waals surface area contributed by atoms with E-state index in [0.717, 1.165) is 18.2 Å². The highest BCUT2D eigenvalue weighted by atomic mass is 35.5. The summed E-state index contributed by atoms with van der Waals surface area (Å²) in [5.41, 5.74) is -0.244. The molecular formula is C22H12Cl2F3NO2. The molecule has 152 valence electrons. The zero-order valence-corrected chi connectivity index (χ0v) is 16.5. The minimum Gasteiger partial charge on any atom is -0.507 e. The average molecular weight is 450 g/mol. The van der Waals surface area contributed by atoms with E-state index in [9.17, 15) is 23.1 Å². The zero-order chi connectivity index (χ0) is 21.9. The van der Waals surface area contributed by atoms with Gasteiger partial charge in [0.05, 0.1) is 21.8 Å². The van der Waals surface area contributed by atoms with Crippen LogP contribution in [0.1, 0.15) is 27.0 Å².